The minimum atomic E-state index is 0.296. The molecule has 1 atom stereocenters. The fourth-order valence-corrected chi connectivity index (χ4v) is 3.21. The molecule has 2 heterocycles. The van der Waals surface area contributed by atoms with Crippen molar-refractivity contribution in [3.63, 3.8) is 0 Å². The molecule has 0 amide bonds. The lowest BCUT2D eigenvalue weighted by molar-refractivity contribution is 0.565. The lowest BCUT2D eigenvalue weighted by Gasteiger charge is -2.14. The molecule has 19 heavy (non-hydrogen) atoms. The van der Waals surface area contributed by atoms with Gasteiger partial charge < -0.3 is 5.32 Å². The molecule has 2 aromatic rings. The predicted molar refractivity (Wildman–Crippen MR) is 79.5 cm³/mol. The lowest BCUT2D eigenvalue weighted by atomic mass is 10.1. The number of nitrogens with one attached hydrogen (secondary N) is 1. The zero-order chi connectivity index (χ0) is 14.0. The van der Waals surface area contributed by atoms with Crippen molar-refractivity contribution in [1.82, 2.24) is 20.1 Å². The van der Waals surface area contributed by atoms with E-state index in [2.05, 4.69) is 54.7 Å². The Hall–Kier alpha value is -1.20. The highest BCUT2D eigenvalue weighted by Gasteiger charge is 2.16. The van der Waals surface area contributed by atoms with Gasteiger partial charge in [0.05, 0.1) is 5.69 Å². The third-order valence-electron chi connectivity index (χ3n) is 3.40. The Morgan fingerprint density at radius 1 is 1.37 bits per heavy atom. The smallest absolute Gasteiger partial charge is 0.107 e. The molecular weight excluding hydrogens is 256 g/mol. The quantitative estimate of drug-likeness (QED) is 0.913. The van der Waals surface area contributed by atoms with Crippen molar-refractivity contribution in [2.45, 2.75) is 53.8 Å². The van der Waals surface area contributed by atoms with Crippen LogP contribution >= 0.6 is 11.3 Å². The van der Waals surface area contributed by atoms with Crippen LogP contribution in [0.1, 0.15) is 46.7 Å². The summed E-state index contributed by atoms with van der Waals surface area (Å²) in [7, 11) is 0. The van der Waals surface area contributed by atoms with Crippen molar-refractivity contribution < 1.29 is 0 Å². The van der Waals surface area contributed by atoms with Crippen LogP contribution in [0.15, 0.2) is 6.20 Å². The topological polar surface area (TPSA) is 42.7 Å². The molecular formula is C14H22N4S. The summed E-state index contributed by atoms with van der Waals surface area (Å²) in [4.78, 5) is 5.64. The summed E-state index contributed by atoms with van der Waals surface area (Å²) < 4.78 is 2.07. The first-order valence-electron chi connectivity index (χ1n) is 6.71. The zero-order valence-corrected chi connectivity index (χ0v) is 13.1. The molecule has 1 unspecified atom stereocenters. The molecule has 0 saturated heterocycles. The summed E-state index contributed by atoms with van der Waals surface area (Å²) >= 11 is 1.75. The first-order chi connectivity index (χ1) is 9.02. The minimum absolute atomic E-state index is 0.296. The van der Waals surface area contributed by atoms with Gasteiger partial charge in [-0.05, 0) is 34.6 Å². The second-order valence-electron chi connectivity index (χ2n) is 4.87. The Labute approximate surface area is 118 Å². The number of aromatic nitrogens is 3. The van der Waals surface area contributed by atoms with Crippen molar-refractivity contribution in [2.75, 3.05) is 0 Å². The van der Waals surface area contributed by atoms with Gasteiger partial charge in [-0.2, -0.15) is 5.10 Å². The summed E-state index contributed by atoms with van der Waals surface area (Å²) in [5.74, 6) is 0. The van der Waals surface area contributed by atoms with Crippen LogP contribution < -0.4 is 5.32 Å². The number of thiazole rings is 1. The summed E-state index contributed by atoms with van der Waals surface area (Å²) in [5.41, 5.74) is 3.69. The third kappa shape index (κ3) is 3.04. The van der Waals surface area contributed by atoms with Crippen LogP contribution in [0.2, 0.25) is 0 Å². The predicted octanol–water partition coefficient (Wildman–Crippen LogP) is 3.14. The van der Waals surface area contributed by atoms with Gasteiger partial charge in [0.1, 0.15) is 5.01 Å². The van der Waals surface area contributed by atoms with E-state index >= 15 is 0 Å². The molecule has 0 saturated carbocycles. The van der Waals surface area contributed by atoms with Crippen LogP contribution in [0.25, 0.3) is 0 Å². The average molecular weight is 278 g/mol. The van der Waals surface area contributed by atoms with Crippen LogP contribution in [0, 0.1) is 20.8 Å². The molecule has 0 radical (unpaired) electrons. The summed E-state index contributed by atoms with van der Waals surface area (Å²) in [5, 5.41) is 9.26. The third-order valence-corrected chi connectivity index (χ3v) is 4.31. The maximum Gasteiger partial charge on any atom is 0.107 e. The number of hydrogen-bond acceptors (Lipinski definition) is 4. The van der Waals surface area contributed by atoms with Gasteiger partial charge in [-0.25, -0.2) is 4.98 Å². The lowest BCUT2D eigenvalue weighted by Crippen LogP contribution is -2.19. The van der Waals surface area contributed by atoms with Gasteiger partial charge in [0.2, 0.25) is 0 Å². The maximum atomic E-state index is 4.57. The van der Waals surface area contributed by atoms with E-state index in [1.165, 1.54) is 16.1 Å². The summed E-state index contributed by atoms with van der Waals surface area (Å²) in [6.07, 6.45) is 1.93. The Bertz CT molecular complexity index is 556. The van der Waals surface area contributed by atoms with Gasteiger partial charge in [0.15, 0.2) is 0 Å². The van der Waals surface area contributed by atoms with Crippen LogP contribution in [0.4, 0.5) is 0 Å². The SMILES string of the molecule is CCn1nc(C)c(C(C)NCc2ncc(C)s2)c1C. The Kier molecular flexibility index (Phi) is 4.37. The molecule has 2 rings (SSSR count). The van der Waals surface area contributed by atoms with Crippen molar-refractivity contribution in [3.8, 4) is 0 Å². The van der Waals surface area contributed by atoms with Crippen LogP contribution in [-0.4, -0.2) is 14.8 Å². The first kappa shape index (κ1) is 14.2. The number of rotatable bonds is 5. The number of hydrogen-bond donors (Lipinski definition) is 1. The highest BCUT2D eigenvalue weighted by Crippen LogP contribution is 2.22. The molecule has 0 aliphatic heterocycles. The molecule has 4 nitrogen and oxygen atoms in total. The molecule has 0 fully saturated rings. The summed E-state index contributed by atoms with van der Waals surface area (Å²) in [6, 6.07) is 0.296. The van der Waals surface area contributed by atoms with E-state index < -0.39 is 0 Å². The summed E-state index contributed by atoms with van der Waals surface area (Å²) in [6.45, 7) is 12.4. The molecule has 0 aromatic carbocycles. The Morgan fingerprint density at radius 2 is 2.11 bits per heavy atom. The van der Waals surface area contributed by atoms with Crippen LogP contribution in [0.3, 0.4) is 0 Å². The average Bonchev–Trinajstić information content (AvgIpc) is 2.90. The minimum Gasteiger partial charge on any atom is -0.304 e. The van der Waals surface area contributed by atoms with E-state index in [0.29, 0.717) is 6.04 Å². The molecule has 0 aliphatic carbocycles. The number of aryl methyl sites for hydroxylation is 3. The van der Waals surface area contributed by atoms with Gasteiger partial charge in [0, 0.05) is 41.5 Å². The zero-order valence-electron chi connectivity index (χ0n) is 12.3. The molecule has 1 N–H and O–H groups in total. The Balaban J connectivity index is 2.07. The molecule has 0 aliphatic rings. The van der Waals surface area contributed by atoms with Crippen molar-refractivity contribution in [2.24, 2.45) is 0 Å². The fourth-order valence-electron chi connectivity index (χ4n) is 2.47. The van der Waals surface area contributed by atoms with Gasteiger partial charge >= 0.3 is 0 Å². The van der Waals surface area contributed by atoms with Crippen molar-refractivity contribution in [3.05, 3.63) is 33.0 Å². The van der Waals surface area contributed by atoms with Gasteiger partial charge in [-0.1, -0.05) is 0 Å². The molecule has 2 aromatic heterocycles. The van der Waals surface area contributed by atoms with E-state index in [9.17, 15) is 0 Å². The van der Waals surface area contributed by atoms with E-state index in [1.807, 2.05) is 6.20 Å². The van der Waals surface area contributed by atoms with E-state index in [4.69, 9.17) is 0 Å². The number of nitrogens with zero attached hydrogens (tertiary/aromatic N) is 3. The molecule has 0 spiro atoms. The second-order valence-corrected chi connectivity index (χ2v) is 6.19. The standard InChI is InChI=1S/C14H22N4S/c1-6-18-12(5)14(11(4)17-18)10(3)15-8-13-16-7-9(2)19-13/h7,10,15H,6,8H2,1-5H3. The van der Waals surface area contributed by atoms with E-state index in [-0.39, 0.29) is 0 Å². The van der Waals surface area contributed by atoms with Crippen molar-refractivity contribution in [1.29, 1.82) is 0 Å². The van der Waals surface area contributed by atoms with Crippen molar-refractivity contribution >= 4 is 11.3 Å². The normalized spacial score (nSPS) is 12.9. The van der Waals surface area contributed by atoms with Gasteiger partial charge in [0.25, 0.3) is 0 Å². The van der Waals surface area contributed by atoms with E-state index in [0.717, 1.165) is 23.8 Å². The highest BCUT2D eigenvalue weighted by atomic mass is 32.1. The fraction of sp³-hybridized carbons (Fsp3) is 0.571. The van der Waals surface area contributed by atoms with Crippen LogP contribution in [-0.2, 0) is 13.1 Å². The molecule has 104 valence electrons. The second kappa shape index (κ2) is 5.84. The highest BCUT2D eigenvalue weighted by molar-refractivity contribution is 7.11. The van der Waals surface area contributed by atoms with Gasteiger partial charge in [-0.15, -0.1) is 11.3 Å². The monoisotopic (exact) mass is 278 g/mol. The van der Waals surface area contributed by atoms with E-state index in [1.54, 1.807) is 11.3 Å². The maximum absolute atomic E-state index is 4.57. The molecule has 5 heteroatoms. The first-order valence-corrected chi connectivity index (χ1v) is 7.53. The Morgan fingerprint density at radius 3 is 2.63 bits per heavy atom. The van der Waals surface area contributed by atoms with Gasteiger partial charge in [-0.3, -0.25) is 4.68 Å². The van der Waals surface area contributed by atoms with Crippen LogP contribution in [0.5, 0.6) is 0 Å². The largest absolute Gasteiger partial charge is 0.304 e. The molecule has 0 bridgehead atoms.